The molecular formula is C16H23ClN2O2. The molecule has 1 heterocycles. The van der Waals surface area contributed by atoms with Gasteiger partial charge in [0.1, 0.15) is 0 Å². The Morgan fingerprint density at radius 2 is 1.95 bits per heavy atom. The van der Waals surface area contributed by atoms with E-state index in [1.165, 1.54) is 0 Å². The van der Waals surface area contributed by atoms with Crippen molar-refractivity contribution in [2.75, 3.05) is 18.4 Å². The quantitative estimate of drug-likeness (QED) is 0.832. The molecule has 1 aliphatic heterocycles. The molecular weight excluding hydrogens is 288 g/mol. The zero-order chi connectivity index (χ0) is 15.6. The first-order chi connectivity index (χ1) is 9.77. The highest BCUT2D eigenvalue weighted by molar-refractivity contribution is 6.30. The number of nitrogens with zero attached hydrogens (tertiary/aromatic N) is 1. The first-order valence-corrected chi connectivity index (χ1v) is 7.65. The molecule has 4 nitrogen and oxygen atoms in total. The van der Waals surface area contributed by atoms with Crippen LogP contribution < -0.4 is 5.32 Å². The lowest BCUT2D eigenvalue weighted by Gasteiger charge is -2.42. The van der Waals surface area contributed by atoms with Crippen LogP contribution in [0.1, 0.15) is 27.2 Å². The van der Waals surface area contributed by atoms with Crippen LogP contribution in [0, 0.1) is 11.3 Å². The number of piperidine rings is 1. The second-order valence-corrected chi connectivity index (χ2v) is 7.15. The Morgan fingerprint density at radius 1 is 1.33 bits per heavy atom. The van der Waals surface area contributed by atoms with E-state index >= 15 is 0 Å². The molecule has 2 amide bonds. The van der Waals surface area contributed by atoms with Crippen LogP contribution in [-0.4, -0.2) is 35.2 Å². The van der Waals surface area contributed by atoms with Crippen molar-refractivity contribution in [3.8, 4) is 0 Å². The number of halogens is 1. The molecule has 0 bridgehead atoms. The zero-order valence-electron chi connectivity index (χ0n) is 12.8. The monoisotopic (exact) mass is 310 g/mol. The van der Waals surface area contributed by atoms with Crippen molar-refractivity contribution < 1.29 is 9.90 Å². The summed E-state index contributed by atoms with van der Waals surface area (Å²) < 4.78 is 0. The fraction of sp³-hybridized carbons (Fsp3) is 0.562. The number of benzene rings is 1. The fourth-order valence-corrected chi connectivity index (χ4v) is 2.99. The molecule has 1 saturated heterocycles. The Bertz CT molecular complexity index is 496. The summed E-state index contributed by atoms with van der Waals surface area (Å²) in [5.74, 6) is 0.220. The molecule has 2 rings (SSSR count). The van der Waals surface area contributed by atoms with Crippen molar-refractivity contribution in [2.45, 2.75) is 33.3 Å². The predicted octanol–water partition coefficient (Wildman–Crippen LogP) is 3.60. The Kier molecular flexibility index (Phi) is 4.79. The number of aliphatic hydroxyl groups is 1. The number of anilines is 1. The smallest absolute Gasteiger partial charge is 0.321 e. The molecule has 2 atom stereocenters. The molecule has 0 unspecified atom stereocenters. The van der Waals surface area contributed by atoms with Gasteiger partial charge in [0.15, 0.2) is 0 Å². The lowest BCUT2D eigenvalue weighted by atomic mass is 9.74. The van der Waals surface area contributed by atoms with Gasteiger partial charge >= 0.3 is 6.03 Å². The third kappa shape index (κ3) is 4.11. The van der Waals surface area contributed by atoms with E-state index in [9.17, 15) is 9.90 Å². The number of nitrogens with one attached hydrogen (secondary N) is 1. The topological polar surface area (TPSA) is 52.6 Å². The van der Waals surface area contributed by atoms with E-state index in [0.29, 0.717) is 23.8 Å². The molecule has 0 radical (unpaired) electrons. The van der Waals surface area contributed by atoms with Crippen LogP contribution >= 0.6 is 11.6 Å². The van der Waals surface area contributed by atoms with Crippen molar-refractivity contribution in [2.24, 2.45) is 11.3 Å². The third-order valence-corrected chi connectivity index (χ3v) is 4.33. The van der Waals surface area contributed by atoms with Gasteiger partial charge in [-0.25, -0.2) is 4.79 Å². The van der Waals surface area contributed by atoms with E-state index in [1.807, 2.05) is 0 Å². The SMILES string of the molecule is CC(C)(C)[C@@H]1CCN(C(=O)Nc2ccc(Cl)cc2)C[C@@H]1O. The molecule has 116 valence electrons. The van der Waals surface area contributed by atoms with Crippen molar-refractivity contribution in [1.29, 1.82) is 0 Å². The first-order valence-electron chi connectivity index (χ1n) is 7.27. The van der Waals surface area contributed by atoms with E-state index < -0.39 is 6.10 Å². The van der Waals surface area contributed by atoms with Gasteiger partial charge in [0.05, 0.1) is 6.10 Å². The zero-order valence-corrected chi connectivity index (χ0v) is 13.5. The maximum atomic E-state index is 12.2. The second-order valence-electron chi connectivity index (χ2n) is 6.71. The summed E-state index contributed by atoms with van der Waals surface area (Å²) in [5.41, 5.74) is 0.759. The van der Waals surface area contributed by atoms with E-state index in [-0.39, 0.29) is 17.4 Å². The first kappa shape index (κ1) is 16.1. The molecule has 5 heteroatoms. The maximum absolute atomic E-state index is 12.2. The Labute approximate surface area is 131 Å². The van der Waals surface area contributed by atoms with Gasteiger partial charge < -0.3 is 15.3 Å². The van der Waals surface area contributed by atoms with Gasteiger partial charge in [-0.3, -0.25) is 0 Å². The minimum atomic E-state index is -0.477. The molecule has 0 aliphatic carbocycles. The summed E-state index contributed by atoms with van der Waals surface area (Å²) >= 11 is 5.82. The summed E-state index contributed by atoms with van der Waals surface area (Å²) in [5, 5.41) is 13.8. The van der Waals surface area contributed by atoms with Gasteiger partial charge in [-0.1, -0.05) is 32.4 Å². The number of rotatable bonds is 1. The summed E-state index contributed by atoms with van der Waals surface area (Å²) in [6.07, 6.45) is 0.341. The largest absolute Gasteiger partial charge is 0.391 e. The molecule has 0 saturated carbocycles. The van der Waals surface area contributed by atoms with Crippen LogP contribution in [0.25, 0.3) is 0 Å². The maximum Gasteiger partial charge on any atom is 0.321 e. The standard InChI is InChI=1S/C16H23ClN2O2/c1-16(2,3)13-8-9-19(10-14(13)20)15(21)18-12-6-4-11(17)5-7-12/h4-7,13-14,20H,8-10H2,1-3H3,(H,18,21)/t13-,14+/m1/s1. The molecule has 1 aromatic carbocycles. The van der Waals surface area contributed by atoms with Crippen molar-refractivity contribution in [3.63, 3.8) is 0 Å². The Balaban J connectivity index is 1.94. The number of urea groups is 1. The second kappa shape index (κ2) is 6.24. The van der Waals surface area contributed by atoms with Gasteiger partial charge in [-0.05, 0) is 42.0 Å². The number of hydrogen-bond acceptors (Lipinski definition) is 2. The molecule has 0 aromatic heterocycles. The highest BCUT2D eigenvalue weighted by Crippen LogP contribution is 2.34. The average molecular weight is 311 g/mol. The van der Waals surface area contributed by atoms with Gasteiger partial charge in [-0.2, -0.15) is 0 Å². The van der Waals surface area contributed by atoms with Gasteiger partial charge in [0.25, 0.3) is 0 Å². The molecule has 1 aliphatic rings. The normalized spacial score (nSPS) is 23.0. The minimum Gasteiger partial charge on any atom is -0.391 e. The van der Waals surface area contributed by atoms with Gasteiger partial charge in [-0.15, -0.1) is 0 Å². The summed E-state index contributed by atoms with van der Waals surface area (Å²) in [6.45, 7) is 7.43. The van der Waals surface area contributed by atoms with E-state index in [1.54, 1.807) is 29.2 Å². The number of aliphatic hydroxyl groups excluding tert-OH is 1. The van der Waals surface area contributed by atoms with Crippen LogP contribution in [0.2, 0.25) is 5.02 Å². The lowest BCUT2D eigenvalue weighted by molar-refractivity contribution is -0.0107. The molecule has 1 aromatic rings. The third-order valence-electron chi connectivity index (χ3n) is 4.08. The average Bonchev–Trinajstić information content (AvgIpc) is 2.39. The van der Waals surface area contributed by atoms with E-state index in [2.05, 4.69) is 26.1 Å². The number of carbonyl (C=O) groups is 1. The Morgan fingerprint density at radius 3 is 2.48 bits per heavy atom. The summed E-state index contributed by atoms with van der Waals surface area (Å²) in [7, 11) is 0. The fourth-order valence-electron chi connectivity index (χ4n) is 2.86. The summed E-state index contributed by atoms with van der Waals surface area (Å²) in [6, 6.07) is 6.82. The van der Waals surface area contributed by atoms with E-state index in [4.69, 9.17) is 11.6 Å². The number of amides is 2. The van der Waals surface area contributed by atoms with Crippen LogP contribution in [0.5, 0.6) is 0 Å². The van der Waals surface area contributed by atoms with Crippen LogP contribution in [0.3, 0.4) is 0 Å². The highest BCUT2D eigenvalue weighted by atomic mass is 35.5. The number of hydrogen-bond donors (Lipinski definition) is 2. The molecule has 2 N–H and O–H groups in total. The summed E-state index contributed by atoms with van der Waals surface area (Å²) in [4.78, 5) is 13.9. The molecule has 0 spiro atoms. The van der Waals surface area contributed by atoms with Gasteiger partial charge in [0, 0.05) is 23.8 Å². The number of carbonyl (C=O) groups excluding carboxylic acids is 1. The van der Waals surface area contributed by atoms with Crippen molar-refractivity contribution >= 4 is 23.3 Å². The Hall–Kier alpha value is -1.26. The number of β-amino-alcohol motifs (C(OH)–C–C–N with tert-alkyl or cyclic N) is 1. The van der Waals surface area contributed by atoms with E-state index in [0.717, 1.165) is 6.42 Å². The molecule has 21 heavy (non-hydrogen) atoms. The van der Waals surface area contributed by atoms with Crippen LogP contribution in [-0.2, 0) is 0 Å². The lowest BCUT2D eigenvalue weighted by Crippen LogP contribution is -2.51. The van der Waals surface area contributed by atoms with Crippen molar-refractivity contribution in [1.82, 2.24) is 4.90 Å². The predicted molar refractivity (Wildman–Crippen MR) is 85.6 cm³/mol. The molecule has 1 fully saturated rings. The number of likely N-dealkylation sites (tertiary alicyclic amines) is 1. The van der Waals surface area contributed by atoms with Crippen LogP contribution in [0.15, 0.2) is 24.3 Å². The minimum absolute atomic E-state index is 0.0537. The highest BCUT2D eigenvalue weighted by Gasteiger charge is 2.36. The van der Waals surface area contributed by atoms with Crippen molar-refractivity contribution in [3.05, 3.63) is 29.3 Å². The van der Waals surface area contributed by atoms with Gasteiger partial charge in [0.2, 0.25) is 0 Å². The van der Waals surface area contributed by atoms with Crippen LogP contribution in [0.4, 0.5) is 10.5 Å².